The van der Waals surface area contributed by atoms with E-state index >= 15 is 0 Å². The molecule has 1 aromatic carbocycles. The summed E-state index contributed by atoms with van der Waals surface area (Å²) in [5, 5.41) is 21.2. The lowest BCUT2D eigenvalue weighted by Crippen LogP contribution is -2.15. The Hall–Kier alpha value is -1.73. The van der Waals surface area contributed by atoms with Crippen LogP contribution in [0.25, 0.3) is 0 Å². The van der Waals surface area contributed by atoms with Crippen molar-refractivity contribution in [2.45, 2.75) is 26.2 Å². The molecular weight excluding hydrogens is 226 g/mol. The minimum atomic E-state index is 0.220. The van der Waals surface area contributed by atoms with Crippen LogP contribution in [0.4, 0.5) is 11.4 Å². The van der Waals surface area contributed by atoms with E-state index in [0.29, 0.717) is 17.2 Å². The average molecular weight is 247 g/mol. The quantitative estimate of drug-likeness (QED) is 0.646. The molecule has 4 heteroatoms. The topological polar surface area (TPSA) is 82.1 Å². The van der Waals surface area contributed by atoms with Gasteiger partial charge in [-0.2, -0.15) is 5.26 Å². The van der Waals surface area contributed by atoms with E-state index in [2.05, 4.69) is 18.3 Å². The zero-order valence-electron chi connectivity index (χ0n) is 10.8. The van der Waals surface area contributed by atoms with Crippen molar-refractivity contribution in [3.63, 3.8) is 0 Å². The fourth-order valence-corrected chi connectivity index (χ4v) is 1.96. The summed E-state index contributed by atoms with van der Waals surface area (Å²) >= 11 is 0. The van der Waals surface area contributed by atoms with Gasteiger partial charge in [0.2, 0.25) is 0 Å². The standard InChI is InChI=1S/C14H21N3O/c1-2-3-11(6-7-18)10-17-13-4-5-14(16)12(8-13)9-15/h4-5,8,11,17-18H,2-3,6-7,10,16H2,1H3. The second kappa shape index (κ2) is 7.57. The molecule has 1 atom stereocenters. The maximum absolute atomic E-state index is 8.99. The van der Waals surface area contributed by atoms with Crippen LogP contribution in [0.3, 0.4) is 0 Å². The predicted molar refractivity (Wildman–Crippen MR) is 74.2 cm³/mol. The van der Waals surface area contributed by atoms with Crippen LogP contribution in [0.1, 0.15) is 31.7 Å². The van der Waals surface area contributed by atoms with E-state index in [4.69, 9.17) is 16.1 Å². The largest absolute Gasteiger partial charge is 0.398 e. The number of rotatable bonds is 7. The highest BCUT2D eigenvalue weighted by atomic mass is 16.3. The molecule has 0 aliphatic heterocycles. The van der Waals surface area contributed by atoms with Crippen molar-refractivity contribution >= 4 is 11.4 Å². The average Bonchev–Trinajstić information content (AvgIpc) is 2.38. The van der Waals surface area contributed by atoms with E-state index in [9.17, 15) is 0 Å². The van der Waals surface area contributed by atoms with Crippen LogP contribution in [-0.4, -0.2) is 18.3 Å². The summed E-state index contributed by atoms with van der Waals surface area (Å²) in [4.78, 5) is 0. The van der Waals surface area contributed by atoms with Gasteiger partial charge >= 0.3 is 0 Å². The minimum absolute atomic E-state index is 0.220. The van der Waals surface area contributed by atoms with Gasteiger partial charge in [0.1, 0.15) is 6.07 Å². The summed E-state index contributed by atoms with van der Waals surface area (Å²) in [7, 11) is 0. The lowest BCUT2D eigenvalue weighted by molar-refractivity contribution is 0.255. The first-order valence-corrected chi connectivity index (χ1v) is 6.35. The maximum atomic E-state index is 8.99. The molecule has 1 unspecified atom stereocenters. The van der Waals surface area contributed by atoms with Crippen LogP contribution < -0.4 is 11.1 Å². The maximum Gasteiger partial charge on any atom is 0.101 e. The van der Waals surface area contributed by atoms with E-state index in [1.807, 2.05) is 6.07 Å². The molecule has 0 saturated heterocycles. The number of anilines is 2. The molecule has 0 aliphatic carbocycles. The fraction of sp³-hybridized carbons (Fsp3) is 0.500. The molecule has 1 aromatic rings. The first-order chi connectivity index (χ1) is 8.71. The molecule has 18 heavy (non-hydrogen) atoms. The molecule has 4 nitrogen and oxygen atoms in total. The Kier molecular flexibility index (Phi) is 6.03. The Morgan fingerprint density at radius 2 is 2.22 bits per heavy atom. The molecule has 0 aliphatic rings. The van der Waals surface area contributed by atoms with Crippen molar-refractivity contribution in [1.82, 2.24) is 0 Å². The van der Waals surface area contributed by atoms with Crippen LogP contribution in [0.15, 0.2) is 18.2 Å². The van der Waals surface area contributed by atoms with Gasteiger partial charge < -0.3 is 16.2 Å². The summed E-state index contributed by atoms with van der Waals surface area (Å²) in [6, 6.07) is 7.44. The number of aliphatic hydroxyl groups is 1. The van der Waals surface area contributed by atoms with Gasteiger partial charge in [-0.3, -0.25) is 0 Å². The number of benzene rings is 1. The first kappa shape index (κ1) is 14.3. The molecule has 0 radical (unpaired) electrons. The second-order valence-electron chi connectivity index (χ2n) is 4.46. The normalized spacial score (nSPS) is 11.8. The van der Waals surface area contributed by atoms with Crippen LogP contribution in [-0.2, 0) is 0 Å². The Bertz CT molecular complexity index is 406. The molecule has 0 saturated carbocycles. The summed E-state index contributed by atoms with van der Waals surface area (Å²) in [5.74, 6) is 0.461. The van der Waals surface area contributed by atoms with Crippen molar-refractivity contribution in [2.24, 2.45) is 5.92 Å². The van der Waals surface area contributed by atoms with E-state index in [1.165, 1.54) is 0 Å². The molecule has 98 valence electrons. The van der Waals surface area contributed by atoms with Crippen molar-refractivity contribution in [2.75, 3.05) is 24.2 Å². The van der Waals surface area contributed by atoms with Gasteiger partial charge in [-0.25, -0.2) is 0 Å². The molecule has 0 spiro atoms. The smallest absolute Gasteiger partial charge is 0.101 e. The third-order valence-electron chi connectivity index (χ3n) is 3.00. The molecule has 0 amide bonds. The zero-order valence-corrected chi connectivity index (χ0v) is 10.8. The van der Waals surface area contributed by atoms with Gasteiger partial charge in [-0.05, 0) is 37.0 Å². The number of nitrogen functional groups attached to an aromatic ring is 1. The number of hydrogen-bond donors (Lipinski definition) is 3. The lowest BCUT2D eigenvalue weighted by Gasteiger charge is -2.16. The van der Waals surface area contributed by atoms with Gasteiger partial charge in [0.05, 0.1) is 5.56 Å². The number of nitrogens with two attached hydrogens (primary N) is 1. The van der Waals surface area contributed by atoms with Gasteiger partial charge in [0, 0.05) is 24.5 Å². The van der Waals surface area contributed by atoms with Crippen LogP contribution in [0.5, 0.6) is 0 Å². The summed E-state index contributed by atoms with van der Waals surface area (Å²) in [6.45, 7) is 3.17. The molecule has 1 rings (SSSR count). The number of hydrogen-bond acceptors (Lipinski definition) is 4. The van der Waals surface area contributed by atoms with Crippen molar-refractivity contribution < 1.29 is 5.11 Å². The van der Waals surface area contributed by atoms with Crippen molar-refractivity contribution in [3.05, 3.63) is 23.8 Å². The highest BCUT2D eigenvalue weighted by Crippen LogP contribution is 2.18. The van der Waals surface area contributed by atoms with Gasteiger partial charge in [0.25, 0.3) is 0 Å². The lowest BCUT2D eigenvalue weighted by atomic mass is 10.00. The zero-order chi connectivity index (χ0) is 13.4. The predicted octanol–water partition coefficient (Wildman–Crippen LogP) is 2.35. The number of nitriles is 1. The monoisotopic (exact) mass is 247 g/mol. The molecular formula is C14H21N3O. The van der Waals surface area contributed by atoms with Crippen LogP contribution >= 0.6 is 0 Å². The van der Waals surface area contributed by atoms with E-state index in [0.717, 1.165) is 31.5 Å². The Morgan fingerprint density at radius 3 is 2.83 bits per heavy atom. The van der Waals surface area contributed by atoms with Gasteiger partial charge in [0.15, 0.2) is 0 Å². The second-order valence-corrected chi connectivity index (χ2v) is 4.46. The number of nitrogens with zero attached hydrogens (tertiary/aromatic N) is 1. The Morgan fingerprint density at radius 1 is 1.44 bits per heavy atom. The molecule has 0 fully saturated rings. The molecule has 0 heterocycles. The minimum Gasteiger partial charge on any atom is -0.398 e. The van der Waals surface area contributed by atoms with E-state index in [1.54, 1.807) is 12.1 Å². The third-order valence-corrected chi connectivity index (χ3v) is 3.00. The fourth-order valence-electron chi connectivity index (χ4n) is 1.96. The van der Waals surface area contributed by atoms with Gasteiger partial charge in [-0.1, -0.05) is 13.3 Å². The summed E-state index contributed by atoms with van der Waals surface area (Å²) in [5.41, 5.74) is 7.57. The van der Waals surface area contributed by atoms with Crippen molar-refractivity contribution in [1.29, 1.82) is 5.26 Å². The molecule has 0 bridgehead atoms. The number of aliphatic hydroxyl groups excluding tert-OH is 1. The van der Waals surface area contributed by atoms with Crippen LogP contribution in [0, 0.1) is 17.2 Å². The molecule has 4 N–H and O–H groups in total. The highest BCUT2D eigenvalue weighted by Gasteiger charge is 2.07. The summed E-state index contributed by atoms with van der Waals surface area (Å²) < 4.78 is 0. The van der Waals surface area contributed by atoms with Gasteiger partial charge in [-0.15, -0.1) is 0 Å². The van der Waals surface area contributed by atoms with E-state index < -0.39 is 0 Å². The molecule has 0 aromatic heterocycles. The van der Waals surface area contributed by atoms with Crippen molar-refractivity contribution in [3.8, 4) is 6.07 Å². The Balaban J connectivity index is 2.59. The first-order valence-electron chi connectivity index (χ1n) is 6.35. The highest BCUT2D eigenvalue weighted by molar-refractivity contribution is 5.61. The van der Waals surface area contributed by atoms with E-state index in [-0.39, 0.29) is 6.61 Å². The van der Waals surface area contributed by atoms with Crippen LogP contribution in [0.2, 0.25) is 0 Å². The third kappa shape index (κ3) is 4.27. The SMILES string of the molecule is CCCC(CCO)CNc1ccc(N)c(C#N)c1. The Labute approximate surface area is 108 Å². The number of nitrogens with one attached hydrogen (secondary N) is 1. The summed E-state index contributed by atoms with van der Waals surface area (Å²) in [6.07, 6.45) is 3.01.